The third-order valence-electron chi connectivity index (χ3n) is 3.22. The first-order chi connectivity index (χ1) is 7.79. The van der Waals surface area contributed by atoms with E-state index in [2.05, 4.69) is 10.3 Å². The molecule has 2 atom stereocenters. The van der Waals surface area contributed by atoms with E-state index in [0.29, 0.717) is 0 Å². The van der Waals surface area contributed by atoms with Gasteiger partial charge in [-0.15, -0.1) is 0 Å². The molecular weight excluding hydrogens is 206 g/mol. The summed E-state index contributed by atoms with van der Waals surface area (Å²) >= 11 is 0. The Morgan fingerprint density at radius 2 is 2.50 bits per heavy atom. The van der Waals surface area contributed by atoms with Crippen molar-refractivity contribution in [3.05, 3.63) is 18.3 Å². The molecule has 2 aliphatic heterocycles. The number of anilines is 2. The van der Waals surface area contributed by atoms with Crippen molar-refractivity contribution in [1.82, 2.24) is 4.98 Å². The van der Waals surface area contributed by atoms with Gasteiger partial charge in [-0.2, -0.15) is 0 Å². The summed E-state index contributed by atoms with van der Waals surface area (Å²) in [5.74, 6) is 0.895. The Morgan fingerprint density at radius 1 is 1.62 bits per heavy atom. The summed E-state index contributed by atoms with van der Waals surface area (Å²) in [7, 11) is 1.68. The maximum Gasteiger partial charge on any atom is 0.247 e. The number of nitrogens with zero attached hydrogens (tertiary/aromatic N) is 2. The maximum absolute atomic E-state index is 11.9. The van der Waals surface area contributed by atoms with Gasteiger partial charge in [0.05, 0.1) is 11.8 Å². The number of amides is 1. The molecule has 2 aliphatic rings. The van der Waals surface area contributed by atoms with Crippen molar-refractivity contribution >= 4 is 17.4 Å². The van der Waals surface area contributed by atoms with Crippen LogP contribution in [0.4, 0.5) is 11.5 Å². The van der Waals surface area contributed by atoms with Crippen molar-refractivity contribution in [3.8, 4) is 0 Å². The SMILES string of the molecule is COC1CC2C(=O)Nc3cccnc3N2C1. The van der Waals surface area contributed by atoms with Crippen molar-refractivity contribution in [3.63, 3.8) is 0 Å². The fourth-order valence-electron chi connectivity index (χ4n) is 2.39. The third-order valence-corrected chi connectivity index (χ3v) is 3.22. The molecular formula is C11H13N3O2. The molecule has 1 N–H and O–H groups in total. The van der Waals surface area contributed by atoms with Gasteiger partial charge in [0, 0.05) is 26.3 Å². The predicted octanol–water partition coefficient (Wildman–Crippen LogP) is 0.627. The van der Waals surface area contributed by atoms with Gasteiger partial charge >= 0.3 is 0 Å². The molecule has 1 saturated heterocycles. The summed E-state index contributed by atoms with van der Waals surface area (Å²) in [6, 6.07) is 3.56. The van der Waals surface area contributed by atoms with E-state index in [9.17, 15) is 4.79 Å². The van der Waals surface area contributed by atoms with Crippen LogP contribution in [0.2, 0.25) is 0 Å². The summed E-state index contributed by atoms with van der Waals surface area (Å²) in [5.41, 5.74) is 0.792. The molecule has 0 saturated carbocycles. The number of aromatic nitrogens is 1. The number of rotatable bonds is 1. The standard InChI is InChI=1S/C11H13N3O2/c1-16-7-5-9-11(15)13-8-3-2-4-12-10(8)14(9)6-7/h2-4,7,9H,5-6H2,1H3,(H,13,15). The molecule has 5 nitrogen and oxygen atoms in total. The molecule has 0 bridgehead atoms. The van der Waals surface area contributed by atoms with Gasteiger partial charge in [-0.05, 0) is 12.1 Å². The zero-order valence-corrected chi connectivity index (χ0v) is 9.01. The number of fused-ring (bicyclic) bond motifs is 3. The van der Waals surface area contributed by atoms with E-state index >= 15 is 0 Å². The smallest absolute Gasteiger partial charge is 0.247 e. The molecule has 3 rings (SSSR count). The molecule has 5 heteroatoms. The van der Waals surface area contributed by atoms with Crippen LogP contribution in [-0.4, -0.2) is 36.7 Å². The first-order valence-electron chi connectivity index (χ1n) is 5.35. The zero-order valence-electron chi connectivity index (χ0n) is 9.01. The maximum atomic E-state index is 11.9. The summed E-state index contributed by atoms with van der Waals surface area (Å²) in [6.45, 7) is 0.735. The predicted molar refractivity (Wildman–Crippen MR) is 59.4 cm³/mol. The molecule has 16 heavy (non-hydrogen) atoms. The lowest BCUT2D eigenvalue weighted by Crippen LogP contribution is -2.44. The topological polar surface area (TPSA) is 54.5 Å². The van der Waals surface area contributed by atoms with E-state index in [1.807, 2.05) is 17.0 Å². The highest BCUT2D eigenvalue weighted by Crippen LogP contribution is 2.35. The van der Waals surface area contributed by atoms with E-state index in [1.54, 1.807) is 13.3 Å². The van der Waals surface area contributed by atoms with E-state index in [4.69, 9.17) is 4.74 Å². The number of hydrogen-bond donors (Lipinski definition) is 1. The number of methoxy groups -OCH3 is 1. The molecule has 84 valence electrons. The van der Waals surface area contributed by atoms with Crippen LogP contribution in [0.25, 0.3) is 0 Å². The highest BCUT2D eigenvalue weighted by atomic mass is 16.5. The van der Waals surface area contributed by atoms with Crippen LogP contribution in [0, 0.1) is 0 Å². The first-order valence-corrected chi connectivity index (χ1v) is 5.35. The summed E-state index contributed by atoms with van der Waals surface area (Å²) in [6.07, 6.45) is 2.59. The minimum absolute atomic E-state index is 0.0417. The zero-order chi connectivity index (χ0) is 11.1. The van der Waals surface area contributed by atoms with Crippen molar-refractivity contribution in [2.24, 2.45) is 0 Å². The van der Waals surface area contributed by atoms with E-state index in [1.165, 1.54) is 0 Å². The highest BCUT2D eigenvalue weighted by Gasteiger charge is 2.41. The van der Waals surface area contributed by atoms with E-state index in [-0.39, 0.29) is 18.1 Å². The van der Waals surface area contributed by atoms with Crippen LogP contribution in [0.15, 0.2) is 18.3 Å². The van der Waals surface area contributed by atoms with Crippen LogP contribution in [0.3, 0.4) is 0 Å². The molecule has 1 aromatic rings. The van der Waals surface area contributed by atoms with Crippen molar-refractivity contribution < 1.29 is 9.53 Å². The third kappa shape index (κ3) is 1.28. The Labute approximate surface area is 93.4 Å². The molecule has 1 aromatic heterocycles. The quantitative estimate of drug-likeness (QED) is 0.752. The minimum Gasteiger partial charge on any atom is -0.380 e. The Kier molecular flexibility index (Phi) is 2.07. The number of pyridine rings is 1. The van der Waals surface area contributed by atoms with Crippen LogP contribution < -0.4 is 10.2 Å². The van der Waals surface area contributed by atoms with Gasteiger partial charge in [0.25, 0.3) is 0 Å². The fraction of sp³-hybridized carbons (Fsp3) is 0.455. The normalized spacial score (nSPS) is 27.3. The second-order valence-corrected chi connectivity index (χ2v) is 4.13. The number of hydrogen-bond acceptors (Lipinski definition) is 4. The molecule has 0 radical (unpaired) electrons. The number of carbonyl (C=O) groups excluding carboxylic acids is 1. The lowest BCUT2D eigenvalue weighted by Gasteiger charge is -2.31. The Morgan fingerprint density at radius 3 is 3.31 bits per heavy atom. The molecule has 1 amide bonds. The first kappa shape index (κ1) is 9.59. The minimum atomic E-state index is -0.132. The molecule has 0 spiro atoms. The van der Waals surface area contributed by atoms with Crippen LogP contribution >= 0.6 is 0 Å². The monoisotopic (exact) mass is 219 g/mol. The van der Waals surface area contributed by atoms with Gasteiger partial charge in [0.2, 0.25) is 5.91 Å². The number of carbonyl (C=O) groups is 1. The Balaban J connectivity index is 2.01. The summed E-state index contributed by atoms with van der Waals surface area (Å²) < 4.78 is 5.32. The second kappa shape index (κ2) is 3.45. The Hall–Kier alpha value is -1.62. The Bertz CT molecular complexity index is 435. The summed E-state index contributed by atoms with van der Waals surface area (Å²) in [5, 5.41) is 2.88. The van der Waals surface area contributed by atoms with Crippen LogP contribution in [-0.2, 0) is 9.53 Å². The largest absolute Gasteiger partial charge is 0.380 e. The summed E-state index contributed by atoms with van der Waals surface area (Å²) in [4.78, 5) is 18.2. The molecule has 0 aromatic carbocycles. The fourth-order valence-corrected chi connectivity index (χ4v) is 2.39. The van der Waals surface area contributed by atoms with Crippen molar-refractivity contribution in [2.75, 3.05) is 23.9 Å². The highest BCUT2D eigenvalue weighted by molar-refractivity contribution is 6.03. The van der Waals surface area contributed by atoms with Gasteiger partial charge in [-0.1, -0.05) is 0 Å². The molecule has 1 fully saturated rings. The average molecular weight is 219 g/mol. The molecule has 0 aliphatic carbocycles. The second-order valence-electron chi connectivity index (χ2n) is 4.13. The lowest BCUT2D eigenvalue weighted by atomic mass is 10.1. The van der Waals surface area contributed by atoms with Crippen molar-refractivity contribution in [2.45, 2.75) is 18.6 Å². The average Bonchev–Trinajstić information content (AvgIpc) is 2.74. The van der Waals surface area contributed by atoms with Gasteiger partial charge in [-0.3, -0.25) is 4.79 Å². The van der Waals surface area contributed by atoms with Crippen molar-refractivity contribution in [1.29, 1.82) is 0 Å². The van der Waals surface area contributed by atoms with E-state index in [0.717, 1.165) is 24.5 Å². The van der Waals surface area contributed by atoms with Gasteiger partial charge in [0.1, 0.15) is 6.04 Å². The molecule has 3 heterocycles. The van der Waals surface area contributed by atoms with Gasteiger partial charge in [-0.25, -0.2) is 4.98 Å². The van der Waals surface area contributed by atoms with Crippen LogP contribution in [0.5, 0.6) is 0 Å². The molecule has 2 unspecified atom stereocenters. The lowest BCUT2D eigenvalue weighted by molar-refractivity contribution is -0.117. The van der Waals surface area contributed by atoms with Gasteiger partial charge in [0.15, 0.2) is 5.82 Å². The number of nitrogens with one attached hydrogen (secondary N) is 1. The van der Waals surface area contributed by atoms with Gasteiger partial charge < -0.3 is 15.0 Å². The van der Waals surface area contributed by atoms with Crippen LogP contribution in [0.1, 0.15) is 6.42 Å². The number of ether oxygens (including phenoxy) is 1. The van der Waals surface area contributed by atoms with E-state index < -0.39 is 0 Å².